The Labute approximate surface area is 110 Å². The van der Waals surface area contributed by atoms with Crippen molar-refractivity contribution in [2.75, 3.05) is 0 Å². The molecule has 0 bridgehead atoms. The molecule has 4 atom stereocenters. The molecule has 1 nitrogen and oxygen atoms in total. The van der Waals surface area contributed by atoms with Crippen molar-refractivity contribution in [3.05, 3.63) is 10.6 Å². The van der Waals surface area contributed by atoms with E-state index in [0.29, 0.717) is 11.5 Å². The van der Waals surface area contributed by atoms with Crippen molar-refractivity contribution in [1.29, 1.82) is 5.26 Å². The maximum absolute atomic E-state index is 9.13. The first-order valence-electron chi connectivity index (χ1n) is 4.62. The molecule has 1 rings (SSSR count). The summed E-state index contributed by atoms with van der Waals surface area (Å²) in [6, 6.07) is 2.12. The van der Waals surface area contributed by atoms with E-state index >= 15 is 0 Å². The molecule has 4 unspecified atom stereocenters. The molecule has 0 radical (unpaired) electrons. The molecule has 0 spiro atoms. The Kier molecular flexibility index (Phi) is 4.23. The Morgan fingerprint density at radius 1 is 1.40 bits per heavy atom. The predicted octanol–water partition coefficient (Wildman–Crippen LogP) is 4.25. The van der Waals surface area contributed by atoms with E-state index < -0.39 is 21.5 Å². The lowest BCUT2D eigenvalue weighted by molar-refractivity contribution is 0.402. The van der Waals surface area contributed by atoms with E-state index in [1.54, 1.807) is 6.92 Å². The van der Waals surface area contributed by atoms with Crippen molar-refractivity contribution in [2.24, 2.45) is 5.41 Å². The smallest absolute Gasteiger partial charge is 0.0939 e. The normalized spacial score (nSPS) is 41.5. The number of alkyl halides is 3. The summed E-state index contributed by atoms with van der Waals surface area (Å²) in [5.41, 5.74) is -0.0864. The number of hydrogen-bond donors (Lipinski definition) is 0. The summed E-state index contributed by atoms with van der Waals surface area (Å²) in [6.45, 7) is 3.63. The molecule has 0 fully saturated rings. The largest absolute Gasteiger partial charge is 0.198 e. The molecule has 0 saturated carbocycles. The molecule has 5 heteroatoms. The van der Waals surface area contributed by atoms with Gasteiger partial charge in [-0.05, 0) is 18.9 Å². The molecule has 0 amide bonds. The highest BCUT2D eigenvalue weighted by Crippen LogP contribution is 2.48. The van der Waals surface area contributed by atoms with E-state index in [1.165, 1.54) is 0 Å². The number of allylic oxidation sites excluding steroid dienone is 2. The van der Waals surface area contributed by atoms with Gasteiger partial charge in [0, 0.05) is 5.03 Å². The van der Waals surface area contributed by atoms with Crippen LogP contribution in [0, 0.1) is 16.7 Å². The molecule has 0 aromatic heterocycles. The van der Waals surface area contributed by atoms with Crippen molar-refractivity contribution < 1.29 is 0 Å². The summed E-state index contributed by atoms with van der Waals surface area (Å²) in [6.07, 6.45) is 0.695. The van der Waals surface area contributed by atoms with Gasteiger partial charge in [-0.2, -0.15) is 5.26 Å². The fourth-order valence-corrected chi connectivity index (χ4v) is 3.44. The minimum absolute atomic E-state index is 0.427. The van der Waals surface area contributed by atoms with Crippen LogP contribution in [0.1, 0.15) is 20.3 Å². The fraction of sp³-hybridized carbons (Fsp3) is 0.700. The lowest BCUT2D eigenvalue weighted by Crippen LogP contribution is -2.46. The number of rotatable bonds is 1. The monoisotopic (exact) mass is 285 g/mol. The van der Waals surface area contributed by atoms with E-state index in [1.807, 2.05) is 6.92 Å². The van der Waals surface area contributed by atoms with Crippen LogP contribution in [0.3, 0.4) is 0 Å². The van der Waals surface area contributed by atoms with Crippen molar-refractivity contribution in [3.63, 3.8) is 0 Å². The summed E-state index contributed by atoms with van der Waals surface area (Å²) >= 11 is 24.6. The van der Waals surface area contributed by atoms with Crippen LogP contribution in [-0.2, 0) is 0 Å². The summed E-state index contributed by atoms with van der Waals surface area (Å²) in [5, 5.41) is 8.06. The maximum atomic E-state index is 9.13. The van der Waals surface area contributed by atoms with E-state index in [0.717, 1.165) is 5.57 Å². The van der Waals surface area contributed by atoms with Crippen molar-refractivity contribution in [1.82, 2.24) is 0 Å². The highest BCUT2D eigenvalue weighted by Gasteiger charge is 2.50. The average molecular weight is 287 g/mol. The quantitative estimate of drug-likeness (QED) is 0.661. The van der Waals surface area contributed by atoms with Gasteiger partial charge in [0.1, 0.15) is 0 Å². The Morgan fingerprint density at radius 3 is 2.33 bits per heavy atom. The standard InChI is InChI=1S/C10H11Cl4N/c1-3-5-6(11)8(13)10(2,4-15)9(14)7(5)12/h6,8-9H,3H2,1-2H3. The second-order valence-electron chi connectivity index (χ2n) is 3.79. The second-order valence-corrected chi connectivity index (χ2v) is 5.57. The zero-order valence-electron chi connectivity index (χ0n) is 8.40. The van der Waals surface area contributed by atoms with Crippen molar-refractivity contribution in [2.45, 2.75) is 36.4 Å². The van der Waals surface area contributed by atoms with Gasteiger partial charge in [-0.15, -0.1) is 34.8 Å². The lowest BCUT2D eigenvalue weighted by atomic mass is 9.76. The molecular formula is C10H11Cl4N. The first-order chi connectivity index (χ1) is 6.90. The predicted molar refractivity (Wildman–Crippen MR) is 65.8 cm³/mol. The second kappa shape index (κ2) is 4.72. The number of halogens is 4. The van der Waals surface area contributed by atoms with E-state index in [2.05, 4.69) is 6.07 Å². The highest BCUT2D eigenvalue weighted by molar-refractivity contribution is 6.41. The lowest BCUT2D eigenvalue weighted by Gasteiger charge is -2.40. The van der Waals surface area contributed by atoms with E-state index in [9.17, 15) is 0 Å². The molecule has 0 heterocycles. The van der Waals surface area contributed by atoms with Crippen molar-refractivity contribution in [3.8, 4) is 6.07 Å². The number of hydrogen-bond acceptors (Lipinski definition) is 1. The van der Waals surface area contributed by atoms with Crippen LogP contribution in [-0.4, -0.2) is 16.1 Å². The third kappa shape index (κ3) is 1.98. The van der Waals surface area contributed by atoms with Gasteiger partial charge in [0.2, 0.25) is 0 Å². The van der Waals surface area contributed by atoms with Crippen LogP contribution in [0.5, 0.6) is 0 Å². The van der Waals surface area contributed by atoms with Gasteiger partial charge in [0.25, 0.3) is 0 Å². The zero-order valence-corrected chi connectivity index (χ0v) is 11.4. The molecule has 1 aliphatic rings. The maximum Gasteiger partial charge on any atom is 0.0939 e. The molecule has 0 saturated heterocycles. The minimum atomic E-state index is -0.925. The molecule has 0 aromatic carbocycles. The topological polar surface area (TPSA) is 23.8 Å². The molecule has 0 aliphatic heterocycles. The summed E-state index contributed by atoms with van der Waals surface area (Å²) in [5.74, 6) is 0. The van der Waals surface area contributed by atoms with Crippen LogP contribution in [0.25, 0.3) is 0 Å². The minimum Gasteiger partial charge on any atom is -0.198 e. The van der Waals surface area contributed by atoms with Gasteiger partial charge in [0.05, 0.1) is 27.6 Å². The summed E-state index contributed by atoms with van der Waals surface area (Å²) < 4.78 is 0. The average Bonchev–Trinajstić information content (AvgIpc) is 2.24. The fourth-order valence-electron chi connectivity index (χ4n) is 1.66. The molecular weight excluding hydrogens is 276 g/mol. The van der Waals surface area contributed by atoms with Crippen LogP contribution < -0.4 is 0 Å². The van der Waals surface area contributed by atoms with Gasteiger partial charge >= 0.3 is 0 Å². The van der Waals surface area contributed by atoms with Crippen LogP contribution in [0.15, 0.2) is 10.6 Å². The Hall–Kier alpha value is 0.390. The van der Waals surface area contributed by atoms with E-state index in [-0.39, 0.29) is 0 Å². The van der Waals surface area contributed by atoms with Gasteiger partial charge in [-0.25, -0.2) is 0 Å². The third-order valence-corrected chi connectivity index (χ3v) is 5.43. The molecule has 84 valence electrons. The van der Waals surface area contributed by atoms with Crippen LogP contribution >= 0.6 is 46.4 Å². The van der Waals surface area contributed by atoms with Crippen molar-refractivity contribution >= 4 is 46.4 Å². The molecule has 15 heavy (non-hydrogen) atoms. The Balaban J connectivity index is 3.27. The number of nitriles is 1. The Bertz CT molecular complexity index is 333. The number of nitrogens with zero attached hydrogens (tertiary/aromatic N) is 1. The van der Waals surface area contributed by atoms with Crippen LogP contribution in [0.4, 0.5) is 0 Å². The highest BCUT2D eigenvalue weighted by atomic mass is 35.5. The summed E-state index contributed by atoms with van der Waals surface area (Å²) in [7, 11) is 0. The van der Waals surface area contributed by atoms with Gasteiger partial charge in [-0.1, -0.05) is 18.5 Å². The molecule has 1 aliphatic carbocycles. The third-order valence-electron chi connectivity index (χ3n) is 2.84. The first-order valence-corrected chi connectivity index (χ1v) is 6.30. The molecule has 0 N–H and O–H groups in total. The molecule has 0 aromatic rings. The van der Waals surface area contributed by atoms with Gasteiger partial charge in [-0.3, -0.25) is 0 Å². The van der Waals surface area contributed by atoms with E-state index in [4.69, 9.17) is 51.7 Å². The van der Waals surface area contributed by atoms with Gasteiger partial charge in [0.15, 0.2) is 0 Å². The van der Waals surface area contributed by atoms with Crippen LogP contribution in [0.2, 0.25) is 0 Å². The summed E-state index contributed by atoms with van der Waals surface area (Å²) in [4.78, 5) is 0. The first kappa shape index (κ1) is 13.5. The Morgan fingerprint density at radius 2 is 1.93 bits per heavy atom. The van der Waals surface area contributed by atoms with Gasteiger partial charge < -0.3 is 0 Å². The SMILES string of the molecule is CCC1=C(Cl)C(Cl)C(C)(C#N)C(Cl)C1Cl. The zero-order chi connectivity index (χ0) is 11.8.